The van der Waals surface area contributed by atoms with E-state index in [4.69, 9.17) is 9.15 Å². The highest BCUT2D eigenvalue weighted by molar-refractivity contribution is 7.93. The first-order valence-electron chi connectivity index (χ1n) is 9.50. The predicted octanol–water partition coefficient (Wildman–Crippen LogP) is 3.16. The van der Waals surface area contributed by atoms with E-state index >= 15 is 0 Å². The molecule has 10 heteroatoms. The zero-order chi connectivity index (χ0) is 21.0. The lowest BCUT2D eigenvalue weighted by atomic mass is 10.3. The van der Waals surface area contributed by atoms with E-state index in [1.165, 1.54) is 11.3 Å². The summed E-state index contributed by atoms with van der Waals surface area (Å²) in [4.78, 5) is 31.7. The van der Waals surface area contributed by atoms with E-state index in [1.807, 2.05) is 6.92 Å². The summed E-state index contributed by atoms with van der Waals surface area (Å²) in [7, 11) is -1.22. The summed E-state index contributed by atoms with van der Waals surface area (Å²) >= 11 is 1.31. The molecule has 1 aliphatic rings. The number of carbonyl (C=O) groups is 2. The van der Waals surface area contributed by atoms with Crippen LogP contribution in [0.3, 0.4) is 0 Å². The Morgan fingerprint density at radius 2 is 2.17 bits per heavy atom. The Hall–Kier alpha value is -2.20. The molecule has 0 spiro atoms. The van der Waals surface area contributed by atoms with Gasteiger partial charge in [0.2, 0.25) is 5.76 Å². The zero-order valence-electron chi connectivity index (χ0n) is 16.8. The maximum atomic E-state index is 13.2. The number of aromatic nitrogens is 1. The lowest BCUT2D eigenvalue weighted by Crippen LogP contribution is -2.33. The zero-order valence-corrected chi connectivity index (χ0v) is 18.4. The van der Waals surface area contributed by atoms with Crippen LogP contribution in [0.2, 0.25) is 0 Å². The molecule has 1 saturated heterocycles. The van der Waals surface area contributed by atoms with E-state index < -0.39 is 15.6 Å². The second kappa shape index (κ2) is 9.08. The summed E-state index contributed by atoms with van der Waals surface area (Å²) in [6, 6.07) is 1.70. The van der Waals surface area contributed by atoms with Gasteiger partial charge >= 0.3 is 5.91 Å². The highest BCUT2D eigenvalue weighted by Gasteiger charge is 2.26. The van der Waals surface area contributed by atoms with Crippen molar-refractivity contribution in [2.45, 2.75) is 33.1 Å². The number of rotatable bonds is 5. The average molecular weight is 440 g/mol. The maximum Gasteiger partial charge on any atom is 0.322 e. The van der Waals surface area contributed by atoms with Crippen LogP contribution in [-0.4, -0.2) is 57.6 Å². The number of amides is 2. The smallest absolute Gasteiger partial charge is 0.322 e. The Balaban J connectivity index is 1.73. The molecule has 3 heterocycles. The van der Waals surface area contributed by atoms with Gasteiger partial charge in [0.1, 0.15) is 5.75 Å². The lowest BCUT2D eigenvalue weighted by molar-refractivity contribution is 0.0773. The minimum absolute atomic E-state index is 0.0547. The molecule has 2 aromatic rings. The molecule has 158 valence electrons. The fourth-order valence-corrected chi connectivity index (χ4v) is 5.78. The number of oxazole rings is 1. The monoisotopic (exact) mass is 439 g/mol. The number of thiophene rings is 1. The minimum Gasteiger partial charge on any atom is -0.496 e. The third-order valence-electron chi connectivity index (χ3n) is 4.63. The second-order valence-electron chi connectivity index (χ2n) is 6.85. The summed E-state index contributed by atoms with van der Waals surface area (Å²) in [6.45, 7) is 4.43. The summed E-state index contributed by atoms with van der Waals surface area (Å²) < 4.78 is 27.9. The molecular formula is C19H25N3O5S2. The van der Waals surface area contributed by atoms with Crippen LogP contribution < -0.4 is 4.74 Å². The standard InChI is InChI=1S/C19H25N3O5S2/c1-4-6-16-20-13(2)17(27-16)18(23)21-29(25)9-5-7-22(8-10-29)19(24)15-11-14(26-3)12-28-15/h11-12H,4-10H2,1-3H3. The van der Waals surface area contributed by atoms with Gasteiger partial charge in [0.25, 0.3) is 5.91 Å². The number of carbonyl (C=O) groups excluding carboxylic acids is 2. The average Bonchev–Trinajstić information content (AvgIpc) is 3.26. The molecule has 8 nitrogen and oxygen atoms in total. The van der Waals surface area contributed by atoms with Gasteiger partial charge < -0.3 is 14.1 Å². The van der Waals surface area contributed by atoms with Crippen LogP contribution in [0.5, 0.6) is 5.75 Å². The van der Waals surface area contributed by atoms with Gasteiger partial charge in [-0.25, -0.2) is 9.19 Å². The molecule has 0 bridgehead atoms. The number of aryl methyl sites for hydroxylation is 2. The van der Waals surface area contributed by atoms with E-state index in [-0.39, 0.29) is 29.7 Å². The van der Waals surface area contributed by atoms with Gasteiger partial charge in [-0.15, -0.1) is 11.3 Å². The molecule has 1 fully saturated rings. The van der Waals surface area contributed by atoms with Crippen molar-refractivity contribution in [3.05, 3.63) is 33.7 Å². The van der Waals surface area contributed by atoms with E-state index in [0.717, 1.165) is 6.42 Å². The third-order valence-corrected chi connectivity index (χ3v) is 7.77. The molecule has 1 unspecified atom stereocenters. The molecule has 2 aromatic heterocycles. The van der Waals surface area contributed by atoms with Crippen LogP contribution in [0.15, 0.2) is 20.2 Å². The normalized spacial score (nSPS) is 19.6. The van der Waals surface area contributed by atoms with Crippen molar-refractivity contribution in [3.8, 4) is 5.75 Å². The molecule has 1 atom stereocenters. The van der Waals surface area contributed by atoms with Crippen LogP contribution in [0, 0.1) is 6.92 Å². The lowest BCUT2D eigenvalue weighted by Gasteiger charge is -2.18. The first-order chi connectivity index (χ1) is 13.8. The Morgan fingerprint density at radius 3 is 2.86 bits per heavy atom. The van der Waals surface area contributed by atoms with E-state index in [1.54, 1.807) is 30.4 Å². The van der Waals surface area contributed by atoms with Gasteiger partial charge in [-0.3, -0.25) is 9.59 Å². The Morgan fingerprint density at radius 1 is 1.38 bits per heavy atom. The van der Waals surface area contributed by atoms with Gasteiger partial charge in [-0.2, -0.15) is 4.36 Å². The van der Waals surface area contributed by atoms with Crippen LogP contribution in [0.1, 0.15) is 51.6 Å². The van der Waals surface area contributed by atoms with Crippen LogP contribution in [0.4, 0.5) is 0 Å². The number of methoxy groups -OCH3 is 1. The van der Waals surface area contributed by atoms with Gasteiger partial charge in [0.15, 0.2) is 5.89 Å². The maximum absolute atomic E-state index is 13.2. The number of hydrogen-bond acceptors (Lipinski definition) is 7. The van der Waals surface area contributed by atoms with Gasteiger partial charge in [0, 0.05) is 42.5 Å². The van der Waals surface area contributed by atoms with Crippen molar-refractivity contribution < 1.29 is 23.0 Å². The van der Waals surface area contributed by atoms with Crippen molar-refractivity contribution in [1.82, 2.24) is 9.88 Å². The van der Waals surface area contributed by atoms with Crippen molar-refractivity contribution in [1.29, 1.82) is 0 Å². The number of ether oxygens (including phenoxy) is 1. The predicted molar refractivity (Wildman–Crippen MR) is 111 cm³/mol. The summed E-state index contributed by atoms with van der Waals surface area (Å²) in [5, 5.41) is 1.77. The first-order valence-corrected chi connectivity index (χ1v) is 12.2. The molecule has 0 N–H and O–H groups in total. The molecular weight excluding hydrogens is 414 g/mol. The van der Waals surface area contributed by atoms with Crippen LogP contribution >= 0.6 is 11.3 Å². The highest BCUT2D eigenvalue weighted by atomic mass is 32.2. The molecule has 1 aliphatic heterocycles. The third kappa shape index (κ3) is 5.05. The molecule has 0 saturated carbocycles. The summed E-state index contributed by atoms with van der Waals surface area (Å²) in [5.41, 5.74) is 0.460. The van der Waals surface area contributed by atoms with Crippen molar-refractivity contribution in [2.75, 3.05) is 31.7 Å². The van der Waals surface area contributed by atoms with E-state index in [9.17, 15) is 13.8 Å². The summed E-state index contributed by atoms with van der Waals surface area (Å²) in [6.07, 6.45) is 2.00. The number of nitrogens with zero attached hydrogens (tertiary/aromatic N) is 3. The van der Waals surface area contributed by atoms with Gasteiger partial charge in [-0.05, 0) is 19.8 Å². The second-order valence-corrected chi connectivity index (χ2v) is 10.3. The molecule has 2 amide bonds. The SMILES string of the molecule is CCCc1nc(C)c(C(=O)N=S2(=O)CCCN(C(=O)c3cc(OC)cs3)CC2)o1. The highest BCUT2D eigenvalue weighted by Crippen LogP contribution is 2.23. The van der Waals surface area contributed by atoms with Gasteiger partial charge in [-0.1, -0.05) is 6.92 Å². The van der Waals surface area contributed by atoms with Crippen LogP contribution in [-0.2, 0) is 16.1 Å². The Bertz CT molecular complexity index is 1020. The van der Waals surface area contributed by atoms with Gasteiger partial charge in [0.05, 0.1) is 27.4 Å². The van der Waals surface area contributed by atoms with E-state index in [2.05, 4.69) is 9.35 Å². The molecule has 29 heavy (non-hydrogen) atoms. The Kier molecular flexibility index (Phi) is 6.74. The fraction of sp³-hybridized carbons (Fsp3) is 0.526. The molecule has 0 radical (unpaired) electrons. The minimum atomic E-state index is -2.77. The first kappa shape index (κ1) is 21.5. The Labute approximate surface area is 174 Å². The van der Waals surface area contributed by atoms with E-state index in [0.29, 0.717) is 41.6 Å². The molecule has 3 rings (SSSR count). The van der Waals surface area contributed by atoms with Crippen molar-refractivity contribution in [2.24, 2.45) is 4.36 Å². The largest absolute Gasteiger partial charge is 0.496 e. The summed E-state index contributed by atoms with van der Waals surface area (Å²) in [5.74, 6) is 0.852. The van der Waals surface area contributed by atoms with Crippen molar-refractivity contribution >= 4 is 32.9 Å². The number of hydrogen-bond donors (Lipinski definition) is 0. The van der Waals surface area contributed by atoms with Crippen LogP contribution in [0.25, 0.3) is 0 Å². The quantitative estimate of drug-likeness (QED) is 0.709. The fourth-order valence-electron chi connectivity index (χ4n) is 3.10. The topological polar surface area (TPSA) is 102 Å². The van der Waals surface area contributed by atoms with Crippen molar-refractivity contribution in [3.63, 3.8) is 0 Å². The molecule has 0 aromatic carbocycles. The molecule has 0 aliphatic carbocycles.